The van der Waals surface area contributed by atoms with Crippen LogP contribution in [0.2, 0.25) is 0 Å². The van der Waals surface area contributed by atoms with Crippen molar-refractivity contribution < 1.29 is 18.4 Å². The molecule has 0 saturated heterocycles. The molecule has 94 valence electrons. The SMILES string of the molecule is Cc1ccc(C(=O)CCC(=O)c2ccc(C)o2)o1. The lowest BCUT2D eigenvalue weighted by atomic mass is 10.1. The third kappa shape index (κ3) is 2.77. The first kappa shape index (κ1) is 12.4. The van der Waals surface area contributed by atoms with Crippen LogP contribution in [-0.4, -0.2) is 11.6 Å². The van der Waals surface area contributed by atoms with E-state index in [4.69, 9.17) is 8.83 Å². The fourth-order valence-electron chi connectivity index (χ4n) is 1.64. The quantitative estimate of drug-likeness (QED) is 0.759. The van der Waals surface area contributed by atoms with Crippen molar-refractivity contribution in [2.45, 2.75) is 26.7 Å². The predicted octanol–water partition coefficient (Wildman–Crippen LogP) is 3.34. The molecule has 0 spiro atoms. The minimum absolute atomic E-state index is 0.130. The second-order valence-corrected chi connectivity index (χ2v) is 4.17. The Morgan fingerprint density at radius 1 is 0.833 bits per heavy atom. The average molecular weight is 246 g/mol. The molecule has 2 heterocycles. The highest BCUT2D eigenvalue weighted by molar-refractivity contribution is 5.99. The van der Waals surface area contributed by atoms with Crippen LogP contribution < -0.4 is 0 Å². The molecular formula is C14H14O4. The molecule has 0 saturated carbocycles. The molecule has 0 aliphatic carbocycles. The van der Waals surface area contributed by atoms with Gasteiger partial charge in [0, 0.05) is 12.8 Å². The predicted molar refractivity (Wildman–Crippen MR) is 64.8 cm³/mol. The topological polar surface area (TPSA) is 60.4 Å². The van der Waals surface area contributed by atoms with Gasteiger partial charge in [-0.05, 0) is 38.1 Å². The number of carbonyl (C=O) groups is 2. The van der Waals surface area contributed by atoms with Crippen molar-refractivity contribution in [2.75, 3.05) is 0 Å². The van der Waals surface area contributed by atoms with Crippen LogP contribution in [0, 0.1) is 13.8 Å². The van der Waals surface area contributed by atoms with Crippen LogP contribution in [0.4, 0.5) is 0 Å². The van der Waals surface area contributed by atoms with E-state index < -0.39 is 0 Å². The zero-order valence-electron chi connectivity index (χ0n) is 10.4. The average Bonchev–Trinajstić information content (AvgIpc) is 2.94. The number of aryl methyl sites for hydroxylation is 2. The molecule has 0 aliphatic rings. The Morgan fingerprint density at radius 3 is 1.50 bits per heavy atom. The normalized spacial score (nSPS) is 10.6. The molecule has 0 fully saturated rings. The first-order valence-corrected chi connectivity index (χ1v) is 5.75. The Kier molecular flexibility index (Phi) is 3.46. The summed E-state index contributed by atoms with van der Waals surface area (Å²) in [7, 11) is 0. The molecule has 0 amide bonds. The highest BCUT2D eigenvalue weighted by Crippen LogP contribution is 2.13. The van der Waals surface area contributed by atoms with Crippen LogP contribution in [0.5, 0.6) is 0 Å². The van der Waals surface area contributed by atoms with Crippen molar-refractivity contribution in [1.82, 2.24) is 0 Å². The molecule has 0 atom stereocenters. The van der Waals surface area contributed by atoms with Gasteiger partial charge in [0.15, 0.2) is 23.1 Å². The van der Waals surface area contributed by atoms with Gasteiger partial charge < -0.3 is 8.83 Å². The summed E-state index contributed by atoms with van der Waals surface area (Å²) in [5, 5.41) is 0. The van der Waals surface area contributed by atoms with Crippen LogP contribution >= 0.6 is 0 Å². The van der Waals surface area contributed by atoms with Gasteiger partial charge in [-0.1, -0.05) is 0 Å². The summed E-state index contributed by atoms with van der Waals surface area (Å²) in [6.45, 7) is 3.54. The first-order chi connectivity index (χ1) is 8.56. The van der Waals surface area contributed by atoms with Gasteiger partial charge in [0.05, 0.1) is 0 Å². The molecule has 4 nitrogen and oxygen atoms in total. The lowest BCUT2D eigenvalue weighted by molar-refractivity contribution is 0.0888. The molecule has 4 heteroatoms. The summed E-state index contributed by atoms with van der Waals surface area (Å²) in [6, 6.07) is 6.70. The van der Waals surface area contributed by atoms with E-state index in [0.717, 1.165) is 0 Å². The lowest BCUT2D eigenvalue weighted by Crippen LogP contribution is -2.03. The van der Waals surface area contributed by atoms with Gasteiger partial charge >= 0.3 is 0 Å². The summed E-state index contributed by atoms with van der Waals surface area (Å²) >= 11 is 0. The van der Waals surface area contributed by atoms with Crippen molar-refractivity contribution in [3.05, 3.63) is 47.3 Å². The molecule has 0 aromatic carbocycles. The molecule has 0 unspecified atom stereocenters. The Hall–Kier alpha value is -2.10. The zero-order chi connectivity index (χ0) is 13.1. The summed E-state index contributed by atoms with van der Waals surface area (Å²) in [4.78, 5) is 23.4. The highest BCUT2D eigenvalue weighted by atomic mass is 16.4. The minimum atomic E-state index is -0.167. The van der Waals surface area contributed by atoms with E-state index in [9.17, 15) is 9.59 Å². The van der Waals surface area contributed by atoms with E-state index in [0.29, 0.717) is 23.0 Å². The summed E-state index contributed by atoms with van der Waals surface area (Å²) < 4.78 is 10.4. The minimum Gasteiger partial charge on any atom is -0.458 e. The number of carbonyl (C=O) groups excluding carboxylic acids is 2. The summed E-state index contributed by atoms with van der Waals surface area (Å²) in [5.74, 6) is 1.64. The molecule has 0 aliphatic heterocycles. The van der Waals surface area contributed by atoms with Gasteiger partial charge in [0.1, 0.15) is 11.5 Å². The monoisotopic (exact) mass is 246 g/mol. The van der Waals surface area contributed by atoms with Crippen LogP contribution in [0.15, 0.2) is 33.1 Å². The number of hydrogen-bond donors (Lipinski definition) is 0. The highest BCUT2D eigenvalue weighted by Gasteiger charge is 2.15. The maximum absolute atomic E-state index is 11.7. The molecule has 0 bridgehead atoms. The maximum Gasteiger partial charge on any atom is 0.198 e. The lowest BCUT2D eigenvalue weighted by Gasteiger charge is -1.96. The van der Waals surface area contributed by atoms with Crippen molar-refractivity contribution in [3.8, 4) is 0 Å². The van der Waals surface area contributed by atoms with Crippen LogP contribution in [0.25, 0.3) is 0 Å². The van der Waals surface area contributed by atoms with Gasteiger partial charge in [0.25, 0.3) is 0 Å². The molecular weight excluding hydrogens is 232 g/mol. The number of rotatable bonds is 5. The standard InChI is InChI=1S/C14H14O4/c1-9-3-7-13(17-9)11(15)5-6-12(16)14-8-4-10(2)18-14/h3-4,7-8H,5-6H2,1-2H3. The van der Waals surface area contributed by atoms with Gasteiger partial charge in [-0.2, -0.15) is 0 Å². The van der Waals surface area contributed by atoms with Gasteiger partial charge in [-0.25, -0.2) is 0 Å². The van der Waals surface area contributed by atoms with Gasteiger partial charge in [0.2, 0.25) is 0 Å². The van der Waals surface area contributed by atoms with E-state index in [1.165, 1.54) is 0 Å². The van der Waals surface area contributed by atoms with E-state index in [2.05, 4.69) is 0 Å². The van der Waals surface area contributed by atoms with E-state index >= 15 is 0 Å². The van der Waals surface area contributed by atoms with Crippen molar-refractivity contribution >= 4 is 11.6 Å². The summed E-state index contributed by atoms with van der Waals surface area (Å²) in [5.41, 5.74) is 0. The molecule has 0 N–H and O–H groups in total. The Labute approximate surface area is 105 Å². The van der Waals surface area contributed by atoms with E-state index in [1.807, 2.05) is 0 Å². The first-order valence-electron chi connectivity index (χ1n) is 5.75. The molecule has 0 radical (unpaired) electrons. The second-order valence-electron chi connectivity index (χ2n) is 4.17. The zero-order valence-corrected chi connectivity index (χ0v) is 10.4. The summed E-state index contributed by atoms with van der Waals surface area (Å²) in [6.07, 6.45) is 0.261. The largest absolute Gasteiger partial charge is 0.458 e. The Bertz CT molecular complexity index is 522. The van der Waals surface area contributed by atoms with Crippen LogP contribution in [0.1, 0.15) is 45.5 Å². The van der Waals surface area contributed by atoms with Crippen LogP contribution in [0.3, 0.4) is 0 Å². The number of Topliss-reactive ketones (excluding diaryl/α,β-unsaturated/α-hetero) is 2. The van der Waals surface area contributed by atoms with Gasteiger partial charge in [-0.3, -0.25) is 9.59 Å². The third-order valence-electron chi connectivity index (χ3n) is 2.61. The third-order valence-corrected chi connectivity index (χ3v) is 2.61. The fourth-order valence-corrected chi connectivity index (χ4v) is 1.64. The van der Waals surface area contributed by atoms with Crippen molar-refractivity contribution in [1.29, 1.82) is 0 Å². The molecule has 2 aromatic heterocycles. The molecule has 2 rings (SSSR count). The van der Waals surface area contributed by atoms with Gasteiger partial charge in [-0.15, -0.1) is 0 Å². The Balaban J connectivity index is 1.92. The van der Waals surface area contributed by atoms with Crippen molar-refractivity contribution in [3.63, 3.8) is 0 Å². The van der Waals surface area contributed by atoms with Crippen molar-refractivity contribution in [2.24, 2.45) is 0 Å². The van der Waals surface area contributed by atoms with E-state index in [1.54, 1.807) is 38.1 Å². The number of furan rings is 2. The van der Waals surface area contributed by atoms with Crippen LogP contribution in [-0.2, 0) is 0 Å². The fraction of sp³-hybridized carbons (Fsp3) is 0.286. The maximum atomic E-state index is 11.7. The molecule has 2 aromatic rings. The van der Waals surface area contributed by atoms with E-state index in [-0.39, 0.29) is 24.4 Å². The number of ketones is 2. The Morgan fingerprint density at radius 2 is 1.22 bits per heavy atom. The number of hydrogen-bond acceptors (Lipinski definition) is 4. The smallest absolute Gasteiger partial charge is 0.198 e. The molecule has 18 heavy (non-hydrogen) atoms. The second kappa shape index (κ2) is 5.04.